The van der Waals surface area contributed by atoms with E-state index in [4.69, 9.17) is 0 Å². The second kappa shape index (κ2) is 8.85. The minimum Gasteiger partial charge on any atom is -0.354 e. The zero-order valence-electron chi connectivity index (χ0n) is 16.3. The third-order valence-electron chi connectivity index (χ3n) is 4.98. The highest BCUT2D eigenvalue weighted by Gasteiger charge is 2.31. The molecule has 1 aliphatic rings. The quantitative estimate of drug-likeness (QED) is 0.605. The van der Waals surface area contributed by atoms with Crippen molar-refractivity contribution in [3.63, 3.8) is 0 Å². The van der Waals surface area contributed by atoms with Crippen LogP contribution in [0.1, 0.15) is 26.4 Å². The second-order valence-corrected chi connectivity index (χ2v) is 9.11. The van der Waals surface area contributed by atoms with Crippen LogP contribution >= 0.6 is 23.1 Å². The standard InChI is InChI=1S/C23H20N2O3S2/c1-24-22(27)20-18(9-10-29-20)12-15-3-2-4-17(11-15)16-7-5-14(6-8-16)13-19-21(26)25-23(28)30-19/h2-11,19H,12-13H2,1H3,(H,24,27)(H,25,26,28). The molecular weight excluding hydrogens is 416 g/mol. The van der Waals surface area contributed by atoms with Gasteiger partial charge in [-0.25, -0.2) is 0 Å². The van der Waals surface area contributed by atoms with Crippen LogP contribution < -0.4 is 10.6 Å². The van der Waals surface area contributed by atoms with Gasteiger partial charge in [0.1, 0.15) is 0 Å². The van der Waals surface area contributed by atoms with Crippen molar-refractivity contribution >= 4 is 40.2 Å². The molecule has 1 saturated heterocycles. The fraction of sp³-hybridized carbons (Fsp3) is 0.174. The summed E-state index contributed by atoms with van der Waals surface area (Å²) in [4.78, 5) is 35.8. The summed E-state index contributed by atoms with van der Waals surface area (Å²) < 4.78 is 0. The average Bonchev–Trinajstić information content (AvgIpc) is 3.33. The summed E-state index contributed by atoms with van der Waals surface area (Å²) in [7, 11) is 1.64. The average molecular weight is 437 g/mol. The van der Waals surface area contributed by atoms with Crippen LogP contribution in [0, 0.1) is 0 Å². The first-order valence-electron chi connectivity index (χ1n) is 9.51. The SMILES string of the molecule is CNC(=O)c1sccc1Cc1cccc(-c2ccc(CC3SC(=O)NC3=O)cc2)c1. The van der Waals surface area contributed by atoms with Gasteiger partial charge in [0, 0.05) is 7.05 Å². The Bertz CT molecular complexity index is 1110. The van der Waals surface area contributed by atoms with Crippen LogP contribution in [-0.2, 0) is 17.6 Å². The third-order valence-corrected chi connectivity index (χ3v) is 6.91. The van der Waals surface area contributed by atoms with E-state index in [1.807, 2.05) is 41.8 Å². The predicted octanol–water partition coefficient (Wildman–Crippen LogP) is 4.26. The van der Waals surface area contributed by atoms with Gasteiger partial charge in [0.15, 0.2) is 0 Å². The molecule has 5 nitrogen and oxygen atoms in total. The van der Waals surface area contributed by atoms with E-state index in [0.717, 1.165) is 44.5 Å². The van der Waals surface area contributed by atoms with Gasteiger partial charge in [-0.15, -0.1) is 11.3 Å². The maximum atomic E-state index is 12.0. The lowest BCUT2D eigenvalue weighted by atomic mass is 9.98. The molecule has 0 radical (unpaired) electrons. The highest BCUT2D eigenvalue weighted by atomic mass is 32.2. The molecule has 152 valence electrons. The van der Waals surface area contributed by atoms with Crippen LogP contribution in [0.25, 0.3) is 11.1 Å². The molecule has 0 saturated carbocycles. The predicted molar refractivity (Wildman–Crippen MR) is 121 cm³/mol. The number of thioether (sulfide) groups is 1. The number of hydrogen-bond acceptors (Lipinski definition) is 5. The molecule has 7 heteroatoms. The van der Waals surface area contributed by atoms with Crippen LogP contribution in [0.3, 0.4) is 0 Å². The summed E-state index contributed by atoms with van der Waals surface area (Å²) in [5.41, 5.74) is 5.35. The fourth-order valence-electron chi connectivity index (χ4n) is 3.44. The smallest absolute Gasteiger partial charge is 0.286 e. The lowest BCUT2D eigenvalue weighted by Crippen LogP contribution is -2.25. The fourth-order valence-corrected chi connectivity index (χ4v) is 5.17. The Kier molecular flexibility index (Phi) is 6.01. The van der Waals surface area contributed by atoms with Crippen molar-refractivity contribution in [1.82, 2.24) is 10.6 Å². The van der Waals surface area contributed by atoms with Crippen molar-refractivity contribution < 1.29 is 14.4 Å². The highest BCUT2D eigenvalue weighted by Crippen LogP contribution is 2.27. The minimum atomic E-state index is -0.355. The molecule has 30 heavy (non-hydrogen) atoms. The van der Waals surface area contributed by atoms with E-state index in [-0.39, 0.29) is 22.3 Å². The van der Waals surface area contributed by atoms with E-state index in [1.165, 1.54) is 11.3 Å². The van der Waals surface area contributed by atoms with E-state index < -0.39 is 0 Å². The molecule has 2 heterocycles. The monoisotopic (exact) mass is 436 g/mol. The van der Waals surface area contributed by atoms with Crippen molar-refractivity contribution in [1.29, 1.82) is 0 Å². The number of carbonyl (C=O) groups excluding carboxylic acids is 3. The lowest BCUT2D eigenvalue weighted by Gasteiger charge is -2.09. The first kappa shape index (κ1) is 20.4. The van der Waals surface area contributed by atoms with Gasteiger partial charge < -0.3 is 5.32 Å². The molecular formula is C23H20N2O3S2. The number of benzene rings is 2. The van der Waals surface area contributed by atoms with Crippen molar-refractivity contribution in [3.8, 4) is 11.1 Å². The van der Waals surface area contributed by atoms with E-state index in [0.29, 0.717) is 12.8 Å². The molecule has 1 fully saturated rings. The Morgan fingerprint density at radius 1 is 1.03 bits per heavy atom. The van der Waals surface area contributed by atoms with Gasteiger partial charge in [-0.05, 0) is 52.1 Å². The molecule has 2 N–H and O–H groups in total. The largest absolute Gasteiger partial charge is 0.354 e. The Balaban J connectivity index is 1.49. The summed E-state index contributed by atoms with van der Waals surface area (Å²) in [5, 5.41) is 6.33. The summed E-state index contributed by atoms with van der Waals surface area (Å²) in [6, 6.07) is 18.4. The van der Waals surface area contributed by atoms with Crippen molar-refractivity contribution in [2.24, 2.45) is 0 Å². The molecule has 2 aromatic carbocycles. The van der Waals surface area contributed by atoms with Crippen LogP contribution in [0.5, 0.6) is 0 Å². The maximum absolute atomic E-state index is 12.0. The van der Waals surface area contributed by atoms with Crippen LogP contribution in [0.4, 0.5) is 4.79 Å². The molecule has 1 aliphatic heterocycles. The first-order valence-corrected chi connectivity index (χ1v) is 11.3. The minimum absolute atomic E-state index is 0.0532. The Hall–Kier alpha value is -2.90. The van der Waals surface area contributed by atoms with Crippen LogP contribution in [0.15, 0.2) is 60.0 Å². The molecule has 1 aromatic heterocycles. The summed E-state index contributed by atoms with van der Waals surface area (Å²) >= 11 is 2.50. The van der Waals surface area contributed by atoms with Crippen LogP contribution in [-0.4, -0.2) is 29.4 Å². The van der Waals surface area contributed by atoms with E-state index in [1.54, 1.807) is 7.05 Å². The Morgan fingerprint density at radius 2 is 1.83 bits per heavy atom. The number of rotatable bonds is 6. The Morgan fingerprint density at radius 3 is 2.53 bits per heavy atom. The van der Waals surface area contributed by atoms with Gasteiger partial charge in [-0.3, -0.25) is 19.7 Å². The molecule has 0 aliphatic carbocycles. The number of carbonyl (C=O) groups is 3. The molecule has 1 unspecified atom stereocenters. The molecule has 1 atom stereocenters. The third kappa shape index (κ3) is 4.47. The van der Waals surface area contributed by atoms with Gasteiger partial charge >= 0.3 is 0 Å². The van der Waals surface area contributed by atoms with Crippen molar-refractivity contribution in [3.05, 3.63) is 81.5 Å². The first-order chi connectivity index (χ1) is 14.5. The number of imide groups is 1. The van der Waals surface area contributed by atoms with Crippen molar-refractivity contribution in [2.45, 2.75) is 18.1 Å². The molecule has 4 rings (SSSR count). The number of hydrogen-bond donors (Lipinski definition) is 2. The number of nitrogens with one attached hydrogen (secondary N) is 2. The summed E-state index contributed by atoms with van der Waals surface area (Å²) in [6.45, 7) is 0. The number of thiophene rings is 1. The second-order valence-electron chi connectivity index (χ2n) is 7.02. The normalized spacial score (nSPS) is 15.8. The summed E-state index contributed by atoms with van der Waals surface area (Å²) in [5.74, 6) is -0.270. The zero-order chi connectivity index (χ0) is 21.1. The van der Waals surface area contributed by atoms with Gasteiger partial charge in [-0.1, -0.05) is 60.3 Å². The van der Waals surface area contributed by atoms with E-state index >= 15 is 0 Å². The number of amides is 3. The topological polar surface area (TPSA) is 75.3 Å². The van der Waals surface area contributed by atoms with Crippen molar-refractivity contribution in [2.75, 3.05) is 7.05 Å². The van der Waals surface area contributed by atoms with E-state index in [9.17, 15) is 14.4 Å². The highest BCUT2D eigenvalue weighted by molar-refractivity contribution is 8.15. The van der Waals surface area contributed by atoms with Gasteiger partial charge in [-0.2, -0.15) is 0 Å². The molecule has 0 bridgehead atoms. The molecule has 3 aromatic rings. The van der Waals surface area contributed by atoms with Gasteiger partial charge in [0.05, 0.1) is 10.1 Å². The summed E-state index contributed by atoms with van der Waals surface area (Å²) in [6.07, 6.45) is 1.23. The maximum Gasteiger partial charge on any atom is 0.286 e. The van der Waals surface area contributed by atoms with Gasteiger partial charge in [0.2, 0.25) is 5.91 Å². The molecule has 3 amide bonds. The molecule has 0 spiro atoms. The Labute approximate surface area is 182 Å². The van der Waals surface area contributed by atoms with Gasteiger partial charge in [0.25, 0.3) is 11.1 Å². The van der Waals surface area contributed by atoms with Crippen LogP contribution in [0.2, 0.25) is 0 Å². The lowest BCUT2D eigenvalue weighted by molar-refractivity contribution is -0.118. The zero-order valence-corrected chi connectivity index (χ0v) is 17.9. The van der Waals surface area contributed by atoms with E-state index in [2.05, 4.69) is 28.8 Å².